The molecule has 3 N–H and O–H groups in total. The Morgan fingerprint density at radius 1 is 1.26 bits per heavy atom. The van der Waals surface area contributed by atoms with Gasteiger partial charge < -0.3 is 11.1 Å². The van der Waals surface area contributed by atoms with Crippen LogP contribution in [-0.2, 0) is 7.05 Å². The minimum Gasteiger partial charge on any atom is -0.366 e. The largest absolute Gasteiger partial charge is 0.366 e. The second-order valence-electron chi connectivity index (χ2n) is 5.23. The summed E-state index contributed by atoms with van der Waals surface area (Å²) in [5.74, 6) is -0.889. The van der Waals surface area contributed by atoms with E-state index in [0.29, 0.717) is 32.9 Å². The Kier molecular flexibility index (Phi) is 3.61. The van der Waals surface area contributed by atoms with E-state index in [9.17, 15) is 9.59 Å². The Balaban J connectivity index is 2.03. The molecule has 3 heterocycles. The van der Waals surface area contributed by atoms with Crippen molar-refractivity contribution < 1.29 is 9.59 Å². The van der Waals surface area contributed by atoms with Gasteiger partial charge in [-0.25, -0.2) is 4.98 Å². The molecule has 3 rings (SSSR count). The summed E-state index contributed by atoms with van der Waals surface area (Å²) in [5, 5.41) is 8.02. The van der Waals surface area contributed by atoms with Crippen LogP contribution in [0, 0.1) is 13.8 Å². The predicted molar refractivity (Wildman–Crippen MR) is 88.8 cm³/mol. The molecule has 8 heteroatoms. The molecule has 0 atom stereocenters. The van der Waals surface area contributed by atoms with Gasteiger partial charge in [-0.15, -0.1) is 11.3 Å². The number of primary amides is 1. The second kappa shape index (κ2) is 5.47. The molecule has 0 bridgehead atoms. The van der Waals surface area contributed by atoms with Gasteiger partial charge in [0.1, 0.15) is 5.00 Å². The van der Waals surface area contributed by atoms with Crippen molar-refractivity contribution in [2.24, 2.45) is 12.8 Å². The Labute approximate surface area is 136 Å². The number of fused-ring (bicyclic) bond motifs is 1. The third-order valence-corrected chi connectivity index (χ3v) is 4.39. The number of hydrogen-bond acceptors (Lipinski definition) is 5. The Morgan fingerprint density at radius 2 is 2.00 bits per heavy atom. The molecule has 3 aromatic rings. The highest BCUT2D eigenvalue weighted by molar-refractivity contribution is 7.16. The minimum absolute atomic E-state index is 0.314. The van der Waals surface area contributed by atoms with Gasteiger partial charge >= 0.3 is 0 Å². The van der Waals surface area contributed by atoms with Crippen LogP contribution in [0.4, 0.5) is 5.00 Å². The quantitative estimate of drug-likeness (QED) is 0.767. The molecule has 118 valence electrons. The molecule has 0 spiro atoms. The summed E-state index contributed by atoms with van der Waals surface area (Å²) < 4.78 is 1.61. The SMILES string of the molecule is Cc1cc(C(=O)Nc2sc(C)cc2C(N)=O)c2cnn(C)c2n1. The molecule has 0 aromatic carbocycles. The van der Waals surface area contributed by atoms with Crippen molar-refractivity contribution in [3.63, 3.8) is 0 Å². The number of nitrogens with two attached hydrogens (primary N) is 1. The van der Waals surface area contributed by atoms with Crippen LogP contribution in [0.3, 0.4) is 0 Å². The van der Waals surface area contributed by atoms with E-state index in [2.05, 4.69) is 15.4 Å². The first-order valence-corrected chi connectivity index (χ1v) is 7.69. The average molecular weight is 329 g/mol. The number of anilines is 1. The number of amides is 2. The van der Waals surface area contributed by atoms with Crippen molar-refractivity contribution in [3.8, 4) is 0 Å². The summed E-state index contributed by atoms with van der Waals surface area (Å²) in [6.07, 6.45) is 1.60. The van der Waals surface area contributed by atoms with Gasteiger partial charge in [0.15, 0.2) is 5.65 Å². The molecule has 2 amide bonds. The predicted octanol–water partition coefficient (Wildman–Crippen LogP) is 2.00. The highest BCUT2D eigenvalue weighted by Gasteiger charge is 2.19. The lowest BCUT2D eigenvalue weighted by Gasteiger charge is -2.07. The molecule has 23 heavy (non-hydrogen) atoms. The molecule has 0 radical (unpaired) electrons. The maximum Gasteiger partial charge on any atom is 0.257 e. The van der Waals surface area contributed by atoms with E-state index in [1.165, 1.54) is 11.3 Å². The van der Waals surface area contributed by atoms with Crippen LogP contribution in [0.5, 0.6) is 0 Å². The van der Waals surface area contributed by atoms with Gasteiger partial charge in [-0.05, 0) is 26.0 Å². The molecular formula is C15H15N5O2S. The van der Waals surface area contributed by atoms with Gasteiger partial charge in [-0.2, -0.15) is 5.10 Å². The van der Waals surface area contributed by atoms with Gasteiger partial charge in [-0.1, -0.05) is 0 Å². The summed E-state index contributed by atoms with van der Waals surface area (Å²) in [7, 11) is 1.77. The number of aromatic nitrogens is 3. The molecule has 0 unspecified atom stereocenters. The number of nitrogens with one attached hydrogen (secondary N) is 1. The lowest BCUT2D eigenvalue weighted by molar-refractivity contribution is 0.100. The summed E-state index contributed by atoms with van der Waals surface area (Å²) in [6.45, 7) is 3.66. The van der Waals surface area contributed by atoms with Crippen LogP contribution < -0.4 is 11.1 Å². The van der Waals surface area contributed by atoms with E-state index in [0.717, 1.165) is 4.88 Å². The highest BCUT2D eigenvalue weighted by Crippen LogP contribution is 2.28. The van der Waals surface area contributed by atoms with Crippen molar-refractivity contribution in [1.29, 1.82) is 0 Å². The summed E-state index contributed by atoms with van der Waals surface area (Å²) in [6, 6.07) is 3.36. The van der Waals surface area contributed by atoms with Crippen LogP contribution in [-0.4, -0.2) is 26.6 Å². The van der Waals surface area contributed by atoms with Crippen molar-refractivity contribution in [1.82, 2.24) is 14.8 Å². The zero-order valence-electron chi connectivity index (χ0n) is 12.9. The third kappa shape index (κ3) is 2.68. The van der Waals surface area contributed by atoms with Crippen molar-refractivity contribution in [2.75, 3.05) is 5.32 Å². The normalized spacial score (nSPS) is 10.9. The molecule has 0 aliphatic heterocycles. The van der Waals surface area contributed by atoms with Crippen LogP contribution in [0.25, 0.3) is 11.0 Å². The fourth-order valence-electron chi connectivity index (χ4n) is 2.39. The van der Waals surface area contributed by atoms with E-state index in [1.807, 2.05) is 13.8 Å². The number of nitrogens with zero attached hydrogens (tertiary/aromatic N) is 3. The van der Waals surface area contributed by atoms with Crippen molar-refractivity contribution >= 4 is 39.2 Å². The standard InChI is InChI=1S/C15H15N5O2S/c1-7-4-9(11-6-17-20(3)13(11)18-7)14(22)19-15-10(12(16)21)5-8(2)23-15/h4-6H,1-3H3,(H2,16,21)(H,19,22). The molecule has 0 saturated carbocycles. The fraction of sp³-hybridized carbons (Fsp3) is 0.200. The maximum atomic E-state index is 12.7. The van der Waals surface area contributed by atoms with Gasteiger partial charge in [-0.3, -0.25) is 14.3 Å². The number of pyridine rings is 1. The van der Waals surface area contributed by atoms with E-state index in [4.69, 9.17) is 5.73 Å². The number of thiophene rings is 1. The number of aryl methyl sites for hydroxylation is 3. The molecule has 0 aliphatic rings. The van der Waals surface area contributed by atoms with Crippen LogP contribution in [0.2, 0.25) is 0 Å². The molecule has 0 aliphatic carbocycles. The van der Waals surface area contributed by atoms with E-state index in [1.54, 1.807) is 30.1 Å². The van der Waals surface area contributed by atoms with E-state index in [-0.39, 0.29) is 5.91 Å². The summed E-state index contributed by atoms with van der Waals surface area (Å²) in [4.78, 5) is 29.4. The Morgan fingerprint density at radius 3 is 2.70 bits per heavy atom. The lowest BCUT2D eigenvalue weighted by Crippen LogP contribution is -2.17. The van der Waals surface area contributed by atoms with Crippen molar-refractivity contribution in [3.05, 3.63) is 40.0 Å². The minimum atomic E-state index is -0.568. The van der Waals surface area contributed by atoms with Crippen molar-refractivity contribution in [2.45, 2.75) is 13.8 Å². The average Bonchev–Trinajstić information content (AvgIpc) is 3.02. The number of carbonyl (C=O) groups excluding carboxylic acids is 2. The number of carbonyl (C=O) groups is 2. The Hall–Kier alpha value is -2.74. The smallest absolute Gasteiger partial charge is 0.257 e. The van der Waals surface area contributed by atoms with E-state index >= 15 is 0 Å². The lowest BCUT2D eigenvalue weighted by atomic mass is 10.1. The molecular weight excluding hydrogens is 314 g/mol. The molecule has 7 nitrogen and oxygen atoms in total. The molecule has 0 saturated heterocycles. The third-order valence-electron chi connectivity index (χ3n) is 3.43. The maximum absolute atomic E-state index is 12.7. The Bertz CT molecular complexity index is 941. The topological polar surface area (TPSA) is 103 Å². The summed E-state index contributed by atoms with van der Waals surface area (Å²) in [5.41, 5.74) is 7.47. The first kappa shape index (κ1) is 15.2. The van der Waals surface area contributed by atoms with Gasteiger partial charge in [0, 0.05) is 17.6 Å². The second-order valence-corrected chi connectivity index (χ2v) is 6.49. The molecule has 0 fully saturated rings. The first-order chi connectivity index (χ1) is 10.9. The van der Waals surface area contributed by atoms with Gasteiger partial charge in [0.2, 0.25) is 0 Å². The first-order valence-electron chi connectivity index (χ1n) is 6.87. The molecule has 3 aromatic heterocycles. The summed E-state index contributed by atoms with van der Waals surface area (Å²) >= 11 is 1.31. The number of rotatable bonds is 3. The zero-order valence-corrected chi connectivity index (χ0v) is 13.7. The fourth-order valence-corrected chi connectivity index (χ4v) is 3.30. The zero-order chi connectivity index (χ0) is 16.7. The van der Waals surface area contributed by atoms with Crippen LogP contribution in [0.15, 0.2) is 18.3 Å². The van der Waals surface area contributed by atoms with Crippen LogP contribution >= 0.6 is 11.3 Å². The van der Waals surface area contributed by atoms with Crippen LogP contribution in [0.1, 0.15) is 31.3 Å². The van der Waals surface area contributed by atoms with Gasteiger partial charge in [0.05, 0.1) is 22.7 Å². The highest BCUT2D eigenvalue weighted by atomic mass is 32.1. The number of hydrogen-bond donors (Lipinski definition) is 2. The monoisotopic (exact) mass is 329 g/mol. The van der Waals surface area contributed by atoms with E-state index < -0.39 is 5.91 Å². The van der Waals surface area contributed by atoms with Gasteiger partial charge in [0.25, 0.3) is 11.8 Å².